The fraction of sp³-hybridized carbons (Fsp3) is 0.700. The number of hydrogen-bond donors (Lipinski definition) is 1. The van der Waals surface area contributed by atoms with Crippen LogP contribution in [0.1, 0.15) is 56.4 Å². The average Bonchev–Trinajstić information content (AvgIpc) is 3.30. The molecule has 2 unspecified atom stereocenters. The van der Waals surface area contributed by atoms with Gasteiger partial charge in [0.25, 0.3) is 0 Å². The maximum Gasteiger partial charge on any atom is 0.0201 e. The number of likely N-dealkylation sites (tertiary alicyclic amines) is 1. The van der Waals surface area contributed by atoms with Crippen LogP contribution in [0, 0.1) is 5.92 Å². The van der Waals surface area contributed by atoms with E-state index in [2.05, 4.69) is 40.5 Å². The Labute approximate surface area is 135 Å². The van der Waals surface area contributed by atoms with Crippen LogP contribution >= 0.6 is 0 Å². The zero-order valence-electron chi connectivity index (χ0n) is 13.7. The van der Waals surface area contributed by atoms with E-state index in [9.17, 15) is 0 Å². The molecule has 22 heavy (non-hydrogen) atoms. The van der Waals surface area contributed by atoms with Crippen LogP contribution < -0.4 is 5.32 Å². The van der Waals surface area contributed by atoms with Crippen molar-refractivity contribution in [2.24, 2.45) is 5.92 Å². The molecule has 1 saturated heterocycles. The normalized spacial score (nSPS) is 30.7. The number of nitrogens with zero attached hydrogens (tertiary/aromatic N) is 1. The Kier molecular flexibility index (Phi) is 4.49. The van der Waals surface area contributed by atoms with Gasteiger partial charge in [0.05, 0.1) is 0 Å². The van der Waals surface area contributed by atoms with Crippen LogP contribution in [0.3, 0.4) is 0 Å². The van der Waals surface area contributed by atoms with E-state index in [-0.39, 0.29) is 0 Å². The van der Waals surface area contributed by atoms with E-state index in [1.807, 2.05) is 0 Å². The minimum absolute atomic E-state index is 0.695. The molecule has 2 nitrogen and oxygen atoms in total. The number of hydrogen-bond acceptors (Lipinski definition) is 2. The highest BCUT2D eigenvalue weighted by Crippen LogP contribution is 2.35. The summed E-state index contributed by atoms with van der Waals surface area (Å²) in [6.45, 7) is 3.81. The number of rotatable bonds is 5. The molecule has 1 aromatic carbocycles. The third kappa shape index (κ3) is 3.55. The highest BCUT2D eigenvalue weighted by atomic mass is 15.2. The van der Waals surface area contributed by atoms with Crippen molar-refractivity contribution in [3.63, 3.8) is 0 Å². The molecule has 3 fully saturated rings. The Morgan fingerprint density at radius 1 is 0.955 bits per heavy atom. The van der Waals surface area contributed by atoms with Crippen molar-refractivity contribution in [2.45, 2.75) is 62.9 Å². The summed E-state index contributed by atoms with van der Waals surface area (Å²) in [6.07, 6.45) is 9.99. The second-order valence-corrected chi connectivity index (χ2v) is 7.78. The van der Waals surface area contributed by atoms with E-state index >= 15 is 0 Å². The molecule has 0 bridgehead atoms. The third-order valence-corrected chi connectivity index (χ3v) is 5.98. The molecule has 1 heterocycles. The molecule has 120 valence electrons. The Morgan fingerprint density at radius 3 is 2.45 bits per heavy atom. The zero-order valence-corrected chi connectivity index (χ0v) is 13.7. The lowest BCUT2D eigenvalue weighted by atomic mass is 9.87. The summed E-state index contributed by atoms with van der Waals surface area (Å²) >= 11 is 0. The number of nitrogens with one attached hydrogen (secondary N) is 1. The summed E-state index contributed by atoms with van der Waals surface area (Å²) in [6, 6.07) is 12.8. The fourth-order valence-electron chi connectivity index (χ4n) is 4.53. The molecule has 2 atom stereocenters. The van der Waals surface area contributed by atoms with Crippen molar-refractivity contribution >= 4 is 0 Å². The van der Waals surface area contributed by atoms with E-state index < -0.39 is 0 Å². The smallest absolute Gasteiger partial charge is 0.0201 e. The second kappa shape index (κ2) is 6.72. The predicted molar refractivity (Wildman–Crippen MR) is 92.1 cm³/mol. The molecule has 0 radical (unpaired) electrons. The van der Waals surface area contributed by atoms with Crippen molar-refractivity contribution in [3.8, 4) is 0 Å². The molecule has 2 heteroatoms. The lowest BCUT2D eigenvalue weighted by Crippen LogP contribution is -2.50. The van der Waals surface area contributed by atoms with Gasteiger partial charge in [0, 0.05) is 25.2 Å². The lowest BCUT2D eigenvalue weighted by Gasteiger charge is -2.39. The van der Waals surface area contributed by atoms with Gasteiger partial charge >= 0.3 is 0 Å². The van der Waals surface area contributed by atoms with Crippen LogP contribution in [0.5, 0.6) is 0 Å². The number of piperidine rings is 1. The highest BCUT2D eigenvalue weighted by Gasteiger charge is 2.36. The van der Waals surface area contributed by atoms with Crippen molar-refractivity contribution < 1.29 is 0 Å². The maximum atomic E-state index is 3.93. The molecule has 1 N–H and O–H groups in total. The topological polar surface area (TPSA) is 15.3 Å². The lowest BCUT2D eigenvalue weighted by molar-refractivity contribution is 0.160. The first-order valence-electron chi connectivity index (χ1n) is 9.41. The van der Waals surface area contributed by atoms with Crippen molar-refractivity contribution in [1.82, 2.24) is 10.2 Å². The van der Waals surface area contributed by atoms with E-state index in [1.54, 1.807) is 5.56 Å². The minimum atomic E-state index is 0.695. The Morgan fingerprint density at radius 2 is 1.73 bits per heavy atom. The van der Waals surface area contributed by atoms with E-state index in [4.69, 9.17) is 0 Å². The molecule has 0 amide bonds. The van der Waals surface area contributed by atoms with Gasteiger partial charge in [-0.1, -0.05) is 43.2 Å². The molecule has 1 aliphatic heterocycles. The molecule has 0 spiro atoms. The summed E-state index contributed by atoms with van der Waals surface area (Å²) in [5.41, 5.74) is 1.54. The molecule has 0 aromatic heterocycles. The van der Waals surface area contributed by atoms with Crippen molar-refractivity contribution in [1.29, 1.82) is 0 Å². The van der Waals surface area contributed by atoms with Gasteiger partial charge in [-0.15, -0.1) is 0 Å². The van der Waals surface area contributed by atoms with Crippen LogP contribution in [0.4, 0.5) is 0 Å². The van der Waals surface area contributed by atoms with Gasteiger partial charge in [-0.05, 0) is 56.0 Å². The first-order valence-corrected chi connectivity index (χ1v) is 9.41. The maximum absolute atomic E-state index is 3.93. The van der Waals surface area contributed by atoms with Crippen LogP contribution in [-0.4, -0.2) is 36.6 Å². The van der Waals surface area contributed by atoms with Crippen LogP contribution in [0.25, 0.3) is 0 Å². The Hall–Kier alpha value is -0.860. The third-order valence-electron chi connectivity index (χ3n) is 5.98. The summed E-state index contributed by atoms with van der Waals surface area (Å²) in [5, 5.41) is 3.93. The number of benzene rings is 1. The van der Waals surface area contributed by atoms with Gasteiger partial charge in [-0.3, -0.25) is 4.90 Å². The molecule has 2 saturated carbocycles. The fourth-order valence-corrected chi connectivity index (χ4v) is 4.53. The SMILES string of the molecule is c1ccc(C2CC(NCC3CCCC3)CN(C3CC3)C2)cc1. The predicted octanol–water partition coefficient (Wildman–Crippen LogP) is 3.79. The summed E-state index contributed by atoms with van der Waals surface area (Å²) in [7, 11) is 0. The van der Waals surface area contributed by atoms with Crippen molar-refractivity contribution in [2.75, 3.05) is 19.6 Å². The van der Waals surface area contributed by atoms with Gasteiger partial charge in [0.15, 0.2) is 0 Å². The molecule has 2 aliphatic carbocycles. The van der Waals surface area contributed by atoms with Crippen LogP contribution in [0.15, 0.2) is 30.3 Å². The molecule has 1 aromatic rings. The standard InChI is InChI=1S/C20H30N2/c1-2-8-17(9-3-1)18-12-19(15-22(14-18)20-10-11-20)21-13-16-6-4-5-7-16/h1-3,8-9,16,18-21H,4-7,10-15H2. The van der Waals surface area contributed by atoms with Gasteiger partial charge < -0.3 is 5.32 Å². The first-order chi connectivity index (χ1) is 10.9. The van der Waals surface area contributed by atoms with Crippen molar-refractivity contribution in [3.05, 3.63) is 35.9 Å². The Balaban J connectivity index is 1.39. The van der Waals surface area contributed by atoms with Gasteiger partial charge in [-0.2, -0.15) is 0 Å². The molecule has 4 rings (SSSR count). The van der Waals surface area contributed by atoms with Crippen LogP contribution in [0.2, 0.25) is 0 Å². The largest absolute Gasteiger partial charge is 0.312 e. The van der Waals surface area contributed by atoms with E-state index in [0.717, 1.165) is 17.9 Å². The first kappa shape index (κ1) is 14.7. The molecular formula is C20H30N2. The van der Waals surface area contributed by atoms with Gasteiger partial charge in [-0.25, -0.2) is 0 Å². The summed E-state index contributed by atoms with van der Waals surface area (Å²) in [5.74, 6) is 1.67. The summed E-state index contributed by atoms with van der Waals surface area (Å²) < 4.78 is 0. The Bertz CT molecular complexity index is 462. The van der Waals surface area contributed by atoms with Crippen LogP contribution in [-0.2, 0) is 0 Å². The molecular weight excluding hydrogens is 268 g/mol. The average molecular weight is 298 g/mol. The van der Waals surface area contributed by atoms with Gasteiger partial charge in [0.1, 0.15) is 0 Å². The quantitative estimate of drug-likeness (QED) is 0.890. The zero-order chi connectivity index (χ0) is 14.8. The summed E-state index contributed by atoms with van der Waals surface area (Å²) in [4.78, 5) is 2.77. The monoisotopic (exact) mass is 298 g/mol. The van der Waals surface area contributed by atoms with Gasteiger partial charge in [0.2, 0.25) is 0 Å². The highest BCUT2D eigenvalue weighted by molar-refractivity contribution is 5.21. The van der Waals surface area contributed by atoms with E-state index in [1.165, 1.54) is 64.6 Å². The van der Waals surface area contributed by atoms with E-state index in [0.29, 0.717) is 6.04 Å². The molecule has 3 aliphatic rings. The second-order valence-electron chi connectivity index (χ2n) is 7.78. The minimum Gasteiger partial charge on any atom is -0.312 e.